The topological polar surface area (TPSA) is 32.3 Å². The maximum Gasteiger partial charge on any atom is 0.0840 e. The summed E-state index contributed by atoms with van der Waals surface area (Å²) in [5, 5.41) is 13.2. The van der Waals surface area contributed by atoms with Crippen LogP contribution in [0.25, 0.3) is 0 Å². The molecule has 0 aromatic carbocycles. The summed E-state index contributed by atoms with van der Waals surface area (Å²) in [6.07, 6.45) is 7.78. The molecule has 1 rings (SSSR count). The molecule has 1 atom stereocenters. The number of rotatable bonds is 4. The molecule has 0 aromatic heterocycles. The van der Waals surface area contributed by atoms with E-state index in [0.717, 1.165) is 25.8 Å². The van der Waals surface area contributed by atoms with E-state index >= 15 is 0 Å². The molecule has 0 fully saturated rings. The Morgan fingerprint density at radius 2 is 2.31 bits per heavy atom. The van der Waals surface area contributed by atoms with E-state index in [1.165, 1.54) is 18.4 Å². The molecule has 0 spiro atoms. The van der Waals surface area contributed by atoms with E-state index in [-0.39, 0.29) is 0 Å². The highest BCUT2D eigenvalue weighted by Crippen LogP contribution is 2.29. The Kier molecular flexibility index (Phi) is 3.94. The molecule has 0 saturated heterocycles. The monoisotopic (exact) mass is 183 g/mol. The highest BCUT2D eigenvalue weighted by molar-refractivity contribution is 5.17. The van der Waals surface area contributed by atoms with Gasteiger partial charge in [-0.15, -0.1) is 0 Å². The second kappa shape index (κ2) is 4.77. The minimum absolute atomic E-state index is 0.580. The Bertz CT molecular complexity index is 185. The van der Waals surface area contributed by atoms with E-state index in [1.54, 1.807) is 0 Å². The van der Waals surface area contributed by atoms with E-state index in [4.69, 9.17) is 0 Å². The Hall–Kier alpha value is -0.340. The van der Waals surface area contributed by atoms with Crippen molar-refractivity contribution in [2.45, 2.75) is 44.6 Å². The lowest BCUT2D eigenvalue weighted by Crippen LogP contribution is -2.31. The molecule has 0 heterocycles. The second-order valence-corrected chi connectivity index (χ2v) is 4.10. The normalized spacial score (nSPS) is 22.2. The first-order valence-electron chi connectivity index (χ1n) is 5.23. The molecule has 76 valence electrons. The summed E-state index contributed by atoms with van der Waals surface area (Å²) in [6.45, 7) is 2.81. The number of aliphatic hydroxyl groups is 1. The van der Waals surface area contributed by atoms with Crippen molar-refractivity contribution in [1.82, 2.24) is 5.32 Å². The number of nitrogens with one attached hydrogen (secondary N) is 1. The van der Waals surface area contributed by atoms with E-state index in [1.807, 2.05) is 14.0 Å². The van der Waals surface area contributed by atoms with Gasteiger partial charge in [0.15, 0.2) is 0 Å². The lowest BCUT2D eigenvalue weighted by Gasteiger charge is -2.29. The van der Waals surface area contributed by atoms with Crippen LogP contribution in [-0.2, 0) is 0 Å². The average molecular weight is 183 g/mol. The molecule has 2 nitrogen and oxygen atoms in total. The number of hydrogen-bond donors (Lipinski definition) is 2. The summed E-state index contributed by atoms with van der Waals surface area (Å²) >= 11 is 0. The van der Waals surface area contributed by atoms with Gasteiger partial charge in [0.25, 0.3) is 0 Å². The van der Waals surface area contributed by atoms with Crippen molar-refractivity contribution in [2.75, 3.05) is 13.6 Å². The van der Waals surface area contributed by atoms with Crippen molar-refractivity contribution in [3.63, 3.8) is 0 Å². The van der Waals surface area contributed by atoms with Crippen LogP contribution in [0.4, 0.5) is 0 Å². The molecule has 2 N–H and O–H groups in total. The minimum atomic E-state index is -0.580. The molecule has 0 radical (unpaired) electrons. The Morgan fingerprint density at radius 1 is 1.54 bits per heavy atom. The lowest BCUT2D eigenvalue weighted by molar-refractivity contribution is 0.0841. The van der Waals surface area contributed by atoms with Crippen molar-refractivity contribution in [1.29, 1.82) is 0 Å². The quantitative estimate of drug-likeness (QED) is 0.652. The Morgan fingerprint density at radius 3 is 2.85 bits per heavy atom. The minimum Gasteiger partial charge on any atom is -0.386 e. The smallest absolute Gasteiger partial charge is 0.0840 e. The molecule has 0 bridgehead atoms. The van der Waals surface area contributed by atoms with Gasteiger partial charge in [-0.2, -0.15) is 0 Å². The van der Waals surface area contributed by atoms with Gasteiger partial charge in [0.2, 0.25) is 0 Å². The van der Waals surface area contributed by atoms with Crippen LogP contribution in [0.2, 0.25) is 0 Å². The third-order valence-corrected chi connectivity index (χ3v) is 2.84. The molecule has 13 heavy (non-hydrogen) atoms. The van der Waals surface area contributed by atoms with Crippen LogP contribution in [-0.4, -0.2) is 24.3 Å². The lowest BCUT2D eigenvalue weighted by atomic mass is 9.85. The Balaban J connectivity index is 2.51. The maximum atomic E-state index is 10.2. The predicted molar refractivity (Wildman–Crippen MR) is 55.7 cm³/mol. The molecule has 0 aromatic rings. The fourth-order valence-corrected chi connectivity index (χ4v) is 1.86. The SMILES string of the molecule is CNCCC(C)(O)C1=CCCCC1. The largest absolute Gasteiger partial charge is 0.386 e. The summed E-state index contributed by atoms with van der Waals surface area (Å²) in [5.41, 5.74) is 0.665. The standard InChI is InChI=1S/C11H21NO/c1-11(13,8-9-12-2)10-6-4-3-5-7-10/h6,12-13H,3-5,7-9H2,1-2H3. The van der Waals surface area contributed by atoms with Gasteiger partial charge in [-0.1, -0.05) is 6.08 Å². The van der Waals surface area contributed by atoms with Gasteiger partial charge in [0.1, 0.15) is 0 Å². The van der Waals surface area contributed by atoms with E-state index < -0.39 is 5.60 Å². The molecular weight excluding hydrogens is 162 g/mol. The van der Waals surface area contributed by atoms with Crippen LogP contribution >= 0.6 is 0 Å². The third kappa shape index (κ3) is 3.12. The Labute approximate surface area is 81.0 Å². The fraction of sp³-hybridized carbons (Fsp3) is 0.818. The van der Waals surface area contributed by atoms with E-state index in [2.05, 4.69) is 11.4 Å². The molecule has 0 saturated carbocycles. The summed E-state index contributed by atoms with van der Waals surface area (Å²) in [5.74, 6) is 0. The molecule has 1 aliphatic rings. The third-order valence-electron chi connectivity index (χ3n) is 2.84. The summed E-state index contributed by atoms with van der Waals surface area (Å²) in [7, 11) is 1.92. The van der Waals surface area contributed by atoms with Gasteiger partial charge in [-0.05, 0) is 58.2 Å². The first-order chi connectivity index (χ1) is 6.17. The van der Waals surface area contributed by atoms with E-state index in [9.17, 15) is 5.11 Å². The van der Waals surface area contributed by atoms with Crippen molar-refractivity contribution < 1.29 is 5.11 Å². The fourth-order valence-electron chi connectivity index (χ4n) is 1.86. The van der Waals surface area contributed by atoms with Gasteiger partial charge in [-0.3, -0.25) is 0 Å². The summed E-state index contributed by atoms with van der Waals surface area (Å²) in [4.78, 5) is 0. The van der Waals surface area contributed by atoms with E-state index in [0.29, 0.717) is 0 Å². The van der Waals surface area contributed by atoms with Gasteiger partial charge < -0.3 is 10.4 Å². The molecular formula is C11H21NO. The average Bonchev–Trinajstić information content (AvgIpc) is 2.16. The molecule has 1 unspecified atom stereocenters. The zero-order valence-corrected chi connectivity index (χ0v) is 8.77. The molecule has 0 amide bonds. The van der Waals surface area contributed by atoms with Crippen molar-refractivity contribution >= 4 is 0 Å². The van der Waals surface area contributed by atoms with Crippen LogP contribution in [0.3, 0.4) is 0 Å². The van der Waals surface area contributed by atoms with Crippen LogP contribution in [0.15, 0.2) is 11.6 Å². The van der Waals surface area contributed by atoms with Gasteiger partial charge in [-0.25, -0.2) is 0 Å². The molecule has 1 aliphatic carbocycles. The van der Waals surface area contributed by atoms with Crippen LogP contribution in [0.1, 0.15) is 39.0 Å². The predicted octanol–water partition coefficient (Wildman–Crippen LogP) is 1.85. The van der Waals surface area contributed by atoms with Crippen molar-refractivity contribution in [2.24, 2.45) is 0 Å². The number of hydrogen-bond acceptors (Lipinski definition) is 2. The first-order valence-corrected chi connectivity index (χ1v) is 5.23. The highest BCUT2D eigenvalue weighted by atomic mass is 16.3. The van der Waals surface area contributed by atoms with Crippen LogP contribution < -0.4 is 5.32 Å². The van der Waals surface area contributed by atoms with Gasteiger partial charge in [0.05, 0.1) is 5.60 Å². The maximum absolute atomic E-state index is 10.2. The first kappa shape index (κ1) is 10.7. The summed E-state index contributed by atoms with van der Waals surface area (Å²) in [6, 6.07) is 0. The summed E-state index contributed by atoms with van der Waals surface area (Å²) < 4.78 is 0. The van der Waals surface area contributed by atoms with Crippen molar-refractivity contribution in [3.05, 3.63) is 11.6 Å². The molecule has 0 aliphatic heterocycles. The van der Waals surface area contributed by atoms with Crippen LogP contribution in [0.5, 0.6) is 0 Å². The highest BCUT2D eigenvalue weighted by Gasteiger charge is 2.25. The molecule has 2 heteroatoms. The van der Waals surface area contributed by atoms with Gasteiger partial charge in [0, 0.05) is 0 Å². The van der Waals surface area contributed by atoms with Crippen LogP contribution in [0, 0.1) is 0 Å². The second-order valence-electron chi connectivity index (χ2n) is 4.10. The van der Waals surface area contributed by atoms with Gasteiger partial charge >= 0.3 is 0 Å². The number of allylic oxidation sites excluding steroid dienone is 1. The van der Waals surface area contributed by atoms with Crippen molar-refractivity contribution in [3.8, 4) is 0 Å². The zero-order valence-electron chi connectivity index (χ0n) is 8.77. The zero-order chi connectivity index (χ0) is 9.73.